The number of carbonyl (C=O) groups excluding carboxylic acids is 1. The van der Waals surface area contributed by atoms with Crippen molar-refractivity contribution in [2.75, 3.05) is 25.0 Å². The van der Waals surface area contributed by atoms with Crippen molar-refractivity contribution < 1.29 is 9.90 Å². The smallest absolute Gasteiger partial charge is 0.239 e. The molecule has 1 aromatic heterocycles. The number of nitrogens with one attached hydrogen (secondary N) is 1. The fourth-order valence-corrected chi connectivity index (χ4v) is 2.71. The minimum Gasteiger partial charge on any atom is -0.396 e. The van der Waals surface area contributed by atoms with Crippen LogP contribution in [0.3, 0.4) is 0 Å². The number of aliphatic hydroxyl groups excluding tert-OH is 1. The van der Waals surface area contributed by atoms with Crippen LogP contribution in [-0.4, -0.2) is 46.6 Å². The van der Waals surface area contributed by atoms with Crippen molar-refractivity contribution >= 4 is 34.9 Å². The van der Waals surface area contributed by atoms with Gasteiger partial charge < -0.3 is 10.4 Å². The Balaban J connectivity index is 1.91. The summed E-state index contributed by atoms with van der Waals surface area (Å²) in [6, 6.07) is 1.98. The first-order valence-electron chi connectivity index (χ1n) is 7.06. The van der Waals surface area contributed by atoms with Crippen molar-refractivity contribution in [1.29, 1.82) is 0 Å². The number of anilines is 1. The van der Waals surface area contributed by atoms with Crippen LogP contribution >= 0.6 is 23.2 Å². The molecule has 116 valence electrons. The molecule has 0 saturated heterocycles. The Labute approximate surface area is 134 Å². The maximum absolute atomic E-state index is 12.1. The van der Waals surface area contributed by atoms with Crippen molar-refractivity contribution in [2.45, 2.75) is 31.7 Å². The van der Waals surface area contributed by atoms with Crippen molar-refractivity contribution in [3.8, 4) is 0 Å². The van der Waals surface area contributed by atoms with Gasteiger partial charge in [-0.3, -0.25) is 9.69 Å². The molecule has 2 rings (SSSR count). The molecular formula is C14H19Cl2N3O2. The molecule has 5 nitrogen and oxygen atoms in total. The summed E-state index contributed by atoms with van der Waals surface area (Å²) >= 11 is 11.8. The van der Waals surface area contributed by atoms with Gasteiger partial charge in [-0.1, -0.05) is 29.6 Å². The molecule has 0 unspecified atom stereocenters. The first kappa shape index (κ1) is 16.5. The molecule has 0 bridgehead atoms. The Bertz CT molecular complexity index is 495. The molecule has 2 N–H and O–H groups in total. The summed E-state index contributed by atoms with van der Waals surface area (Å²) in [5.41, 5.74) is 0. The normalized spacial score (nSPS) is 15.0. The largest absolute Gasteiger partial charge is 0.396 e. The number of hydrogen-bond acceptors (Lipinski definition) is 4. The van der Waals surface area contributed by atoms with Gasteiger partial charge >= 0.3 is 0 Å². The SMILES string of the molecule is O=C(CN(CCCO)C1CCC1)Nc1ncc(Cl)cc1Cl. The second kappa shape index (κ2) is 7.94. The molecule has 1 aromatic rings. The molecule has 0 radical (unpaired) electrons. The van der Waals surface area contributed by atoms with Gasteiger partial charge in [0.05, 0.1) is 16.6 Å². The standard InChI is InChI=1S/C14H19Cl2N3O2/c15-10-7-12(16)14(17-8-10)18-13(21)9-19(5-2-6-20)11-3-1-4-11/h7-8,11,20H,1-6,9H2,(H,17,18,21). The van der Waals surface area contributed by atoms with Crippen LogP contribution in [0.15, 0.2) is 12.3 Å². The molecule has 1 heterocycles. The van der Waals surface area contributed by atoms with Crippen LogP contribution < -0.4 is 5.32 Å². The topological polar surface area (TPSA) is 65.5 Å². The Hall–Kier alpha value is -0.880. The lowest BCUT2D eigenvalue weighted by molar-refractivity contribution is -0.118. The van der Waals surface area contributed by atoms with E-state index in [-0.39, 0.29) is 19.1 Å². The second-order valence-electron chi connectivity index (χ2n) is 5.16. The molecule has 7 heteroatoms. The summed E-state index contributed by atoms with van der Waals surface area (Å²) < 4.78 is 0. The van der Waals surface area contributed by atoms with Gasteiger partial charge in [0.15, 0.2) is 5.82 Å². The number of nitrogens with zero attached hydrogens (tertiary/aromatic N) is 2. The van der Waals surface area contributed by atoms with E-state index in [4.69, 9.17) is 28.3 Å². The predicted octanol–water partition coefficient (Wildman–Crippen LogP) is 2.56. The van der Waals surface area contributed by atoms with Gasteiger partial charge in [0.25, 0.3) is 0 Å². The minimum atomic E-state index is -0.156. The van der Waals surface area contributed by atoms with E-state index in [1.54, 1.807) is 6.07 Å². The molecule has 0 atom stereocenters. The van der Waals surface area contributed by atoms with Gasteiger partial charge in [0.2, 0.25) is 5.91 Å². The highest BCUT2D eigenvalue weighted by Crippen LogP contribution is 2.25. The van der Waals surface area contributed by atoms with Crippen LogP contribution in [0.5, 0.6) is 0 Å². The van der Waals surface area contributed by atoms with Gasteiger partial charge in [-0.15, -0.1) is 0 Å². The molecule has 1 aliphatic carbocycles. The Kier molecular flexibility index (Phi) is 6.23. The van der Waals surface area contributed by atoms with Crippen LogP contribution in [0.25, 0.3) is 0 Å². The Morgan fingerprint density at radius 1 is 1.48 bits per heavy atom. The number of hydrogen-bond donors (Lipinski definition) is 2. The van der Waals surface area contributed by atoms with E-state index in [0.29, 0.717) is 28.3 Å². The van der Waals surface area contributed by atoms with Crippen molar-refractivity contribution in [2.24, 2.45) is 0 Å². The lowest BCUT2D eigenvalue weighted by Crippen LogP contribution is -2.45. The average Bonchev–Trinajstić information content (AvgIpc) is 2.37. The summed E-state index contributed by atoms with van der Waals surface area (Å²) in [4.78, 5) is 18.2. The van der Waals surface area contributed by atoms with E-state index in [2.05, 4.69) is 15.2 Å². The maximum atomic E-state index is 12.1. The number of amides is 1. The summed E-state index contributed by atoms with van der Waals surface area (Å²) in [6.07, 6.45) is 5.53. The van der Waals surface area contributed by atoms with Gasteiger partial charge in [-0.25, -0.2) is 4.98 Å². The van der Waals surface area contributed by atoms with Gasteiger partial charge in [-0.2, -0.15) is 0 Å². The predicted molar refractivity (Wildman–Crippen MR) is 83.8 cm³/mol. The third-order valence-electron chi connectivity index (χ3n) is 3.61. The molecule has 1 saturated carbocycles. The first-order valence-corrected chi connectivity index (χ1v) is 7.81. The molecule has 21 heavy (non-hydrogen) atoms. The molecule has 0 aliphatic heterocycles. The zero-order valence-corrected chi connectivity index (χ0v) is 13.2. The lowest BCUT2D eigenvalue weighted by Gasteiger charge is -2.37. The number of aromatic nitrogens is 1. The average molecular weight is 332 g/mol. The molecule has 0 aromatic carbocycles. The minimum absolute atomic E-state index is 0.134. The lowest BCUT2D eigenvalue weighted by atomic mass is 9.91. The Morgan fingerprint density at radius 2 is 2.24 bits per heavy atom. The molecule has 0 spiro atoms. The summed E-state index contributed by atoms with van der Waals surface area (Å²) in [6.45, 7) is 1.14. The number of aliphatic hydroxyl groups is 1. The van der Waals surface area contributed by atoms with Gasteiger partial charge in [-0.05, 0) is 25.3 Å². The third kappa shape index (κ3) is 4.81. The monoisotopic (exact) mass is 331 g/mol. The fourth-order valence-electron chi connectivity index (χ4n) is 2.28. The Morgan fingerprint density at radius 3 is 2.81 bits per heavy atom. The van der Waals surface area contributed by atoms with Crippen LogP contribution in [0.2, 0.25) is 10.0 Å². The quantitative estimate of drug-likeness (QED) is 0.805. The highest BCUT2D eigenvalue weighted by atomic mass is 35.5. The second-order valence-corrected chi connectivity index (χ2v) is 6.01. The van der Waals surface area contributed by atoms with Gasteiger partial charge in [0.1, 0.15) is 0 Å². The van der Waals surface area contributed by atoms with Gasteiger partial charge in [0, 0.05) is 25.4 Å². The molecule has 1 amide bonds. The van der Waals surface area contributed by atoms with E-state index in [9.17, 15) is 4.79 Å². The maximum Gasteiger partial charge on any atom is 0.239 e. The molecule has 1 aliphatic rings. The third-order valence-corrected chi connectivity index (χ3v) is 4.10. The molecular weight excluding hydrogens is 313 g/mol. The van der Waals surface area contributed by atoms with Crippen molar-refractivity contribution in [3.05, 3.63) is 22.3 Å². The van der Waals surface area contributed by atoms with E-state index in [1.165, 1.54) is 12.6 Å². The summed E-state index contributed by atoms with van der Waals surface area (Å²) in [5, 5.41) is 12.4. The number of rotatable bonds is 7. The van der Waals surface area contributed by atoms with Crippen molar-refractivity contribution in [1.82, 2.24) is 9.88 Å². The number of pyridine rings is 1. The molecule has 1 fully saturated rings. The zero-order valence-electron chi connectivity index (χ0n) is 11.7. The van der Waals surface area contributed by atoms with E-state index in [1.807, 2.05) is 0 Å². The van der Waals surface area contributed by atoms with E-state index in [0.717, 1.165) is 19.4 Å². The highest BCUT2D eigenvalue weighted by Gasteiger charge is 2.26. The van der Waals surface area contributed by atoms with Crippen molar-refractivity contribution in [3.63, 3.8) is 0 Å². The summed E-state index contributed by atoms with van der Waals surface area (Å²) in [7, 11) is 0. The van der Waals surface area contributed by atoms with Crippen LogP contribution in [0.1, 0.15) is 25.7 Å². The zero-order chi connectivity index (χ0) is 15.2. The summed E-state index contributed by atoms with van der Waals surface area (Å²) in [5.74, 6) is 0.165. The fraction of sp³-hybridized carbons (Fsp3) is 0.571. The number of halogens is 2. The van der Waals surface area contributed by atoms with E-state index >= 15 is 0 Å². The van der Waals surface area contributed by atoms with Crippen LogP contribution in [0, 0.1) is 0 Å². The van der Waals surface area contributed by atoms with Crippen LogP contribution in [0.4, 0.5) is 5.82 Å². The first-order chi connectivity index (χ1) is 10.1. The van der Waals surface area contributed by atoms with E-state index < -0.39 is 0 Å². The highest BCUT2D eigenvalue weighted by molar-refractivity contribution is 6.36. The van der Waals surface area contributed by atoms with Crippen LogP contribution in [-0.2, 0) is 4.79 Å². The number of carbonyl (C=O) groups is 1.